The third-order valence-corrected chi connectivity index (χ3v) is 5.86. The number of amides is 1. The summed E-state index contributed by atoms with van der Waals surface area (Å²) < 4.78 is 7.83. The summed E-state index contributed by atoms with van der Waals surface area (Å²) in [4.78, 5) is 14.4. The van der Waals surface area contributed by atoms with Gasteiger partial charge in [-0.15, -0.1) is 11.8 Å². The van der Waals surface area contributed by atoms with Gasteiger partial charge < -0.3 is 14.2 Å². The monoisotopic (exact) mass is 378 g/mol. The van der Waals surface area contributed by atoms with E-state index >= 15 is 0 Å². The van der Waals surface area contributed by atoms with Gasteiger partial charge in [-0.2, -0.15) is 0 Å². The molecule has 1 aliphatic rings. The molecule has 0 N–H and O–H groups in total. The summed E-state index contributed by atoms with van der Waals surface area (Å²) in [6, 6.07) is 20.3. The van der Waals surface area contributed by atoms with Crippen LogP contribution in [0, 0.1) is 0 Å². The van der Waals surface area contributed by atoms with E-state index in [0.29, 0.717) is 18.9 Å². The molecule has 1 amide bonds. The predicted octanol–water partition coefficient (Wildman–Crippen LogP) is 4.65. The van der Waals surface area contributed by atoms with Gasteiger partial charge >= 0.3 is 0 Å². The number of para-hydroxylation sites is 2. The molecule has 0 spiro atoms. The Morgan fingerprint density at radius 1 is 1.07 bits per heavy atom. The highest BCUT2D eigenvalue weighted by Crippen LogP contribution is 2.40. The van der Waals surface area contributed by atoms with Gasteiger partial charge in [-0.25, -0.2) is 0 Å². The van der Waals surface area contributed by atoms with E-state index in [1.165, 1.54) is 0 Å². The molecular formula is C22H22N2O2S. The first kappa shape index (κ1) is 17.7. The molecule has 4 rings (SSSR count). The smallest absolute Gasteiger partial charge is 0.234 e. The highest BCUT2D eigenvalue weighted by atomic mass is 32.2. The molecule has 1 saturated heterocycles. The molecule has 0 bridgehead atoms. The third-order valence-electron chi connectivity index (χ3n) is 4.61. The van der Waals surface area contributed by atoms with Crippen molar-refractivity contribution in [3.05, 3.63) is 84.2 Å². The van der Waals surface area contributed by atoms with Crippen LogP contribution in [0.4, 0.5) is 0 Å². The van der Waals surface area contributed by atoms with Crippen molar-refractivity contribution in [3.8, 4) is 11.4 Å². The van der Waals surface area contributed by atoms with E-state index in [1.807, 2.05) is 60.5 Å². The van der Waals surface area contributed by atoms with E-state index in [9.17, 15) is 4.79 Å². The van der Waals surface area contributed by atoms with Crippen molar-refractivity contribution in [2.24, 2.45) is 0 Å². The maximum absolute atomic E-state index is 12.5. The van der Waals surface area contributed by atoms with Crippen LogP contribution in [0.3, 0.4) is 0 Å². The fourth-order valence-electron chi connectivity index (χ4n) is 3.34. The average Bonchev–Trinajstić information content (AvgIpc) is 3.31. The summed E-state index contributed by atoms with van der Waals surface area (Å²) in [6.07, 6.45) is 4.14. The summed E-state index contributed by atoms with van der Waals surface area (Å²) in [7, 11) is 0. The maximum atomic E-state index is 12.5. The van der Waals surface area contributed by atoms with Gasteiger partial charge in [0.15, 0.2) is 0 Å². The number of aromatic nitrogens is 1. The van der Waals surface area contributed by atoms with Gasteiger partial charge in [0.25, 0.3) is 0 Å². The lowest BCUT2D eigenvalue weighted by Gasteiger charge is -2.23. The molecule has 3 aromatic rings. The van der Waals surface area contributed by atoms with Crippen LogP contribution in [-0.2, 0) is 11.3 Å². The Morgan fingerprint density at radius 3 is 2.67 bits per heavy atom. The van der Waals surface area contributed by atoms with Crippen LogP contribution in [0.15, 0.2) is 73.1 Å². The van der Waals surface area contributed by atoms with Gasteiger partial charge in [-0.05, 0) is 30.7 Å². The SMILES string of the molecule is CCOc1ccccc1-n1ccc(C2SCC(=O)N2Cc2ccccc2)c1. The zero-order chi connectivity index (χ0) is 18.6. The van der Waals surface area contributed by atoms with Crippen molar-refractivity contribution in [3.63, 3.8) is 0 Å². The summed E-state index contributed by atoms with van der Waals surface area (Å²) >= 11 is 1.69. The first-order valence-electron chi connectivity index (χ1n) is 9.11. The largest absolute Gasteiger partial charge is 0.492 e. The van der Waals surface area contributed by atoms with Crippen molar-refractivity contribution >= 4 is 17.7 Å². The molecule has 1 aromatic heterocycles. The van der Waals surface area contributed by atoms with E-state index < -0.39 is 0 Å². The molecule has 1 fully saturated rings. The Hall–Kier alpha value is -2.66. The fraction of sp³-hybridized carbons (Fsp3) is 0.227. The summed E-state index contributed by atoms with van der Waals surface area (Å²) in [5, 5.41) is 0.0400. The number of thioether (sulfide) groups is 1. The van der Waals surface area contributed by atoms with Crippen molar-refractivity contribution in [2.45, 2.75) is 18.8 Å². The lowest BCUT2D eigenvalue weighted by Crippen LogP contribution is -2.27. The van der Waals surface area contributed by atoms with Gasteiger partial charge in [-0.1, -0.05) is 42.5 Å². The van der Waals surface area contributed by atoms with Gasteiger partial charge in [-0.3, -0.25) is 4.79 Å². The van der Waals surface area contributed by atoms with Gasteiger partial charge in [0.1, 0.15) is 11.1 Å². The number of benzene rings is 2. The molecule has 27 heavy (non-hydrogen) atoms. The van der Waals surface area contributed by atoms with Gasteiger partial charge in [0.2, 0.25) is 5.91 Å². The Bertz CT molecular complexity index is 923. The standard InChI is InChI=1S/C22H22N2O2S/c1-2-26-20-11-7-6-10-19(20)23-13-12-18(15-23)22-24(21(25)16-27-22)14-17-8-4-3-5-9-17/h3-13,15,22H,2,14,16H2,1H3. The first-order valence-corrected chi connectivity index (χ1v) is 10.2. The first-order chi connectivity index (χ1) is 13.3. The zero-order valence-corrected chi connectivity index (χ0v) is 16.1. The second kappa shape index (κ2) is 7.92. The fourth-order valence-corrected chi connectivity index (χ4v) is 4.51. The molecule has 0 radical (unpaired) electrons. The molecule has 4 nitrogen and oxygen atoms in total. The Balaban J connectivity index is 1.60. The van der Waals surface area contributed by atoms with Crippen molar-refractivity contribution in [1.29, 1.82) is 0 Å². The lowest BCUT2D eigenvalue weighted by atomic mass is 10.2. The van der Waals surface area contributed by atoms with Gasteiger partial charge in [0.05, 0.1) is 18.0 Å². The van der Waals surface area contributed by atoms with E-state index in [-0.39, 0.29) is 11.3 Å². The number of ether oxygens (including phenoxy) is 1. The van der Waals surface area contributed by atoms with E-state index in [1.54, 1.807) is 11.8 Å². The number of rotatable bonds is 6. The average molecular weight is 378 g/mol. The van der Waals surface area contributed by atoms with Crippen LogP contribution in [0.5, 0.6) is 5.75 Å². The minimum absolute atomic E-state index is 0.0400. The topological polar surface area (TPSA) is 34.5 Å². The molecule has 1 unspecified atom stereocenters. The van der Waals surface area contributed by atoms with Crippen LogP contribution in [0.2, 0.25) is 0 Å². The number of hydrogen-bond acceptors (Lipinski definition) is 3. The van der Waals surface area contributed by atoms with Crippen molar-refractivity contribution in [2.75, 3.05) is 12.4 Å². The number of hydrogen-bond donors (Lipinski definition) is 0. The van der Waals surface area contributed by atoms with Crippen LogP contribution < -0.4 is 4.74 Å². The van der Waals surface area contributed by atoms with Crippen LogP contribution >= 0.6 is 11.8 Å². The highest BCUT2D eigenvalue weighted by molar-refractivity contribution is 8.00. The Morgan fingerprint density at radius 2 is 1.85 bits per heavy atom. The van der Waals surface area contributed by atoms with E-state index in [2.05, 4.69) is 29.0 Å². The molecule has 0 aliphatic carbocycles. The normalized spacial score (nSPS) is 16.7. The second-order valence-corrected chi connectivity index (χ2v) is 7.49. The summed E-state index contributed by atoms with van der Waals surface area (Å²) in [6.45, 7) is 3.25. The maximum Gasteiger partial charge on any atom is 0.234 e. The van der Waals surface area contributed by atoms with Crippen LogP contribution in [-0.4, -0.2) is 27.7 Å². The van der Waals surface area contributed by atoms with E-state index in [4.69, 9.17) is 4.74 Å². The molecular weight excluding hydrogens is 356 g/mol. The Kier molecular flexibility index (Phi) is 5.21. The minimum atomic E-state index is 0.0400. The summed E-state index contributed by atoms with van der Waals surface area (Å²) in [5.74, 6) is 1.58. The molecule has 5 heteroatoms. The lowest BCUT2D eigenvalue weighted by molar-refractivity contribution is -0.128. The van der Waals surface area contributed by atoms with Crippen molar-refractivity contribution < 1.29 is 9.53 Å². The third kappa shape index (κ3) is 3.74. The van der Waals surface area contributed by atoms with E-state index in [0.717, 1.165) is 22.6 Å². The Labute approximate surface area is 163 Å². The molecule has 138 valence electrons. The highest BCUT2D eigenvalue weighted by Gasteiger charge is 2.33. The molecule has 1 aliphatic heterocycles. The van der Waals surface area contributed by atoms with Crippen LogP contribution in [0.1, 0.15) is 23.4 Å². The second-order valence-electron chi connectivity index (χ2n) is 6.42. The molecule has 0 saturated carbocycles. The van der Waals surface area contributed by atoms with Gasteiger partial charge in [0, 0.05) is 24.5 Å². The number of carbonyl (C=O) groups excluding carboxylic acids is 1. The number of nitrogens with zero attached hydrogens (tertiary/aromatic N) is 2. The molecule has 2 aromatic carbocycles. The predicted molar refractivity (Wildman–Crippen MR) is 109 cm³/mol. The summed E-state index contributed by atoms with van der Waals surface area (Å²) in [5.41, 5.74) is 3.29. The van der Waals surface area contributed by atoms with Crippen molar-refractivity contribution in [1.82, 2.24) is 9.47 Å². The molecule has 2 heterocycles. The minimum Gasteiger partial charge on any atom is -0.492 e. The number of carbonyl (C=O) groups is 1. The quantitative estimate of drug-likeness (QED) is 0.626. The molecule has 1 atom stereocenters. The zero-order valence-electron chi connectivity index (χ0n) is 15.2. The van der Waals surface area contributed by atoms with Crippen LogP contribution in [0.25, 0.3) is 5.69 Å².